The van der Waals surface area contributed by atoms with Gasteiger partial charge in [0.2, 0.25) is 0 Å². The van der Waals surface area contributed by atoms with Crippen molar-refractivity contribution in [2.24, 2.45) is 0 Å². The van der Waals surface area contributed by atoms with Crippen molar-refractivity contribution in [2.75, 3.05) is 13.2 Å². The zero-order valence-corrected chi connectivity index (χ0v) is 18.9. The van der Waals surface area contributed by atoms with E-state index in [0.717, 1.165) is 44.7 Å². The maximum atomic E-state index is 13.4. The standard InChI is InChI=1S/C29H26N2O2/c1-3-33-15-14-31-27-12-10-21(19(2)30)17-25(27)26-18-24(11-13-28(26)31)29(32)23-9-8-20-6-4-5-7-22(20)16-23/h4-13,16-18,30H,3,14-15H2,1-2H3. The minimum Gasteiger partial charge on any atom is -0.380 e. The molecular weight excluding hydrogens is 408 g/mol. The van der Waals surface area contributed by atoms with Gasteiger partial charge in [0.1, 0.15) is 0 Å². The van der Waals surface area contributed by atoms with Crippen LogP contribution in [0.1, 0.15) is 35.3 Å². The number of ketones is 1. The molecule has 164 valence electrons. The van der Waals surface area contributed by atoms with E-state index in [0.29, 0.717) is 30.1 Å². The molecule has 0 spiro atoms. The molecule has 4 nitrogen and oxygen atoms in total. The Labute approximate surface area is 192 Å². The predicted molar refractivity (Wildman–Crippen MR) is 136 cm³/mol. The second-order valence-corrected chi connectivity index (χ2v) is 8.33. The lowest BCUT2D eigenvalue weighted by atomic mass is 9.98. The van der Waals surface area contributed by atoms with Gasteiger partial charge in [0, 0.05) is 51.8 Å². The zero-order valence-electron chi connectivity index (χ0n) is 18.9. The summed E-state index contributed by atoms with van der Waals surface area (Å²) >= 11 is 0. The molecule has 4 aromatic carbocycles. The van der Waals surface area contributed by atoms with Gasteiger partial charge in [-0.05, 0) is 66.6 Å². The Morgan fingerprint density at radius 3 is 2.12 bits per heavy atom. The maximum absolute atomic E-state index is 13.4. The van der Waals surface area contributed by atoms with Gasteiger partial charge in [0.25, 0.3) is 0 Å². The first-order chi connectivity index (χ1) is 16.1. The minimum absolute atomic E-state index is 0.0114. The number of benzene rings is 4. The molecule has 1 aromatic heterocycles. The molecule has 5 rings (SSSR count). The highest BCUT2D eigenvalue weighted by Gasteiger charge is 2.16. The molecule has 0 aliphatic rings. The molecule has 0 saturated heterocycles. The second kappa shape index (κ2) is 8.64. The minimum atomic E-state index is 0.0114. The summed E-state index contributed by atoms with van der Waals surface area (Å²) in [6.07, 6.45) is 0. The number of fused-ring (bicyclic) bond motifs is 4. The molecule has 0 atom stereocenters. The summed E-state index contributed by atoms with van der Waals surface area (Å²) in [4.78, 5) is 13.4. The van der Waals surface area contributed by atoms with Crippen LogP contribution in [0.3, 0.4) is 0 Å². The van der Waals surface area contributed by atoms with Gasteiger partial charge in [-0.1, -0.05) is 42.5 Å². The van der Waals surface area contributed by atoms with Crippen LogP contribution in [0, 0.1) is 5.41 Å². The summed E-state index contributed by atoms with van der Waals surface area (Å²) < 4.78 is 7.86. The summed E-state index contributed by atoms with van der Waals surface area (Å²) in [7, 11) is 0. The third-order valence-electron chi connectivity index (χ3n) is 6.24. The van der Waals surface area contributed by atoms with Gasteiger partial charge in [-0.2, -0.15) is 0 Å². The second-order valence-electron chi connectivity index (χ2n) is 8.33. The Kier molecular flexibility index (Phi) is 5.53. The van der Waals surface area contributed by atoms with E-state index < -0.39 is 0 Å². The Morgan fingerprint density at radius 1 is 0.818 bits per heavy atom. The quantitative estimate of drug-likeness (QED) is 0.178. The van der Waals surface area contributed by atoms with E-state index in [4.69, 9.17) is 10.1 Å². The van der Waals surface area contributed by atoms with Crippen molar-refractivity contribution in [1.29, 1.82) is 5.41 Å². The molecule has 0 fully saturated rings. The number of hydrogen-bond donors (Lipinski definition) is 1. The number of nitrogens with zero attached hydrogens (tertiary/aromatic N) is 1. The summed E-state index contributed by atoms with van der Waals surface area (Å²) in [6, 6.07) is 26.0. The first-order valence-corrected chi connectivity index (χ1v) is 11.3. The van der Waals surface area contributed by atoms with Crippen LogP contribution >= 0.6 is 0 Å². The van der Waals surface area contributed by atoms with Crippen molar-refractivity contribution < 1.29 is 9.53 Å². The Morgan fingerprint density at radius 2 is 1.42 bits per heavy atom. The normalized spacial score (nSPS) is 11.5. The van der Waals surface area contributed by atoms with Gasteiger partial charge in [-0.3, -0.25) is 4.79 Å². The molecule has 0 amide bonds. The van der Waals surface area contributed by atoms with Crippen LogP contribution in [0.2, 0.25) is 0 Å². The van der Waals surface area contributed by atoms with Gasteiger partial charge >= 0.3 is 0 Å². The van der Waals surface area contributed by atoms with Gasteiger partial charge in [-0.25, -0.2) is 0 Å². The van der Waals surface area contributed by atoms with Crippen LogP contribution in [0.5, 0.6) is 0 Å². The highest BCUT2D eigenvalue weighted by molar-refractivity contribution is 6.16. The fourth-order valence-corrected chi connectivity index (χ4v) is 4.52. The predicted octanol–water partition coefficient (Wildman–Crippen LogP) is 6.60. The lowest BCUT2D eigenvalue weighted by Crippen LogP contribution is -2.06. The van der Waals surface area contributed by atoms with Crippen molar-refractivity contribution in [3.63, 3.8) is 0 Å². The lowest BCUT2D eigenvalue weighted by Gasteiger charge is -2.08. The van der Waals surface area contributed by atoms with Crippen molar-refractivity contribution in [3.05, 3.63) is 95.6 Å². The fourth-order valence-electron chi connectivity index (χ4n) is 4.52. The summed E-state index contributed by atoms with van der Waals surface area (Å²) in [5, 5.41) is 12.3. The molecule has 1 N–H and O–H groups in total. The summed E-state index contributed by atoms with van der Waals surface area (Å²) in [5.41, 5.74) is 4.92. The first-order valence-electron chi connectivity index (χ1n) is 11.3. The van der Waals surface area contributed by atoms with Crippen LogP contribution in [-0.4, -0.2) is 29.3 Å². The number of carbonyl (C=O) groups is 1. The molecular formula is C29H26N2O2. The molecule has 0 bridgehead atoms. The molecule has 0 saturated carbocycles. The Hall–Kier alpha value is -3.76. The van der Waals surface area contributed by atoms with E-state index in [1.54, 1.807) is 6.92 Å². The van der Waals surface area contributed by atoms with Crippen molar-refractivity contribution in [3.8, 4) is 0 Å². The third-order valence-corrected chi connectivity index (χ3v) is 6.24. The Bertz CT molecular complexity index is 1530. The number of rotatable bonds is 7. The molecule has 33 heavy (non-hydrogen) atoms. The fraction of sp³-hybridized carbons (Fsp3) is 0.172. The van der Waals surface area contributed by atoms with Crippen LogP contribution in [0.25, 0.3) is 32.6 Å². The number of hydrogen-bond acceptors (Lipinski definition) is 3. The van der Waals surface area contributed by atoms with Gasteiger partial charge in [0.15, 0.2) is 5.78 Å². The van der Waals surface area contributed by atoms with E-state index >= 15 is 0 Å². The van der Waals surface area contributed by atoms with Gasteiger partial charge in [0.05, 0.1) is 6.61 Å². The van der Waals surface area contributed by atoms with Crippen LogP contribution in [0.15, 0.2) is 78.9 Å². The van der Waals surface area contributed by atoms with E-state index in [2.05, 4.69) is 22.8 Å². The highest BCUT2D eigenvalue weighted by atomic mass is 16.5. The van der Waals surface area contributed by atoms with Gasteiger partial charge in [-0.15, -0.1) is 0 Å². The highest BCUT2D eigenvalue weighted by Crippen LogP contribution is 2.31. The van der Waals surface area contributed by atoms with E-state index in [1.807, 2.05) is 67.6 Å². The molecule has 0 aliphatic carbocycles. The largest absolute Gasteiger partial charge is 0.380 e. The molecule has 1 heterocycles. The van der Waals surface area contributed by atoms with Crippen molar-refractivity contribution in [1.82, 2.24) is 4.57 Å². The summed E-state index contributed by atoms with van der Waals surface area (Å²) in [6.45, 7) is 5.83. The smallest absolute Gasteiger partial charge is 0.193 e. The number of aromatic nitrogens is 1. The number of carbonyl (C=O) groups excluding carboxylic acids is 1. The number of nitrogens with one attached hydrogen (secondary N) is 1. The van der Waals surface area contributed by atoms with Crippen molar-refractivity contribution >= 4 is 44.1 Å². The molecule has 0 unspecified atom stereocenters. The zero-order chi connectivity index (χ0) is 22.9. The average molecular weight is 435 g/mol. The SMILES string of the molecule is CCOCCn1c2ccc(C(C)=N)cc2c2cc(C(=O)c3ccc4ccccc4c3)ccc21. The number of ether oxygens (including phenoxy) is 1. The van der Waals surface area contributed by atoms with E-state index in [-0.39, 0.29) is 5.78 Å². The van der Waals surface area contributed by atoms with Crippen molar-refractivity contribution in [2.45, 2.75) is 20.4 Å². The molecule has 0 radical (unpaired) electrons. The monoisotopic (exact) mass is 434 g/mol. The first kappa shape index (κ1) is 21.1. The average Bonchev–Trinajstić information content (AvgIpc) is 3.15. The van der Waals surface area contributed by atoms with Crippen LogP contribution in [-0.2, 0) is 11.3 Å². The summed E-state index contributed by atoms with van der Waals surface area (Å²) in [5.74, 6) is 0.0114. The Balaban J connectivity index is 1.64. The maximum Gasteiger partial charge on any atom is 0.193 e. The van der Waals surface area contributed by atoms with E-state index in [1.165, 1.54) is 0 Å². The molecule has 5 aromatic rings. The molecule has 0 aliphatic heterocycles. The van der Waals surface area contributed by atoms with Crippen LogP contribution < -0.4 is 0 Å². The van der Waals surface area contributed by atoms with E-state index in [9.17, 15) is 4.79 Å². The third kappa shape index (κ3) is 3.83. The lowest BCUT2D eigenvalue weighted by molar-refractivity contribution is 0.103. The van der Waals surface area contributed by atoms with Crippen LogP contribution in [0.4, 0.5) is 0 Å². The van der Waals surface area contributed by atoms with Gasteiger partial charge < -0.3 is 14.7 Å². The molecule has 4 heteroatoms. The topological polar surface area (TPSA) is 55.1 Å².